The summed E-state index contributed by atoms with van der Waals surface area (Å²) in [5.41, 5.74) is 0. The fourth-order valence-corrected chi connectivity index (χ4v) is 1.14. The van der Waals surface area contributed by atoms with E-state index in [4.69, 9.17) is 10.0 Å². The third kappa shape index (κ3) is 7.72. The topological polar surface area (TPSA) is 66.8 Å². The molecule has 0 aliphatic carbocycles. The summed E-state index contributed by atoms with van der Waals surface area (Å²) in [6.07, 6.45) is 3.39. The molecule has 80 valence electrons. The molecule has 0 amide bonds. The molecule has 14 heavy (non-hydrogen) atoms. The van der Waals surface area contributed by atoms with E-state index >= 15 is 0 Å². The van der Waals surface area contributed by atoms with Crippen LogP contribution in [0.15, 0.2) is 0 Å². The molecule has 0 aromatic heterocycles. The van der Waals surface area contributed by atoms with Crippen LogP contribution in [0.3, 0.4) is 0 Å². The zero-order valence-corrected chi connectivity index (χ0v) is 11.2. The van der Waals surface area contributed by atoms with E-state index in [0.29, 0.717) is 6.42 Å². The van der Waals surface area contributed by atoms with E-state index < -0.39 is 13.3 Å². The zero-order chi connectivity index (χ0) is 10.3. The molecule has 0 aromatic rings. The first kappa shape index (κ1) is 16.8. The van der Waals surface area contributed by atoms with Crippen LogP contribution in [0.1, 0.15) is 39.5 Å². The van der Waals surface area contributed by atoms with Crippen LogP contribution in [0.5, 0.6) is 0 Å². The molecule has 2 N–H and O–H groups in total. The number of rotatable bonds is 6. The number of carbonyl (C=O) groups excluding carboxylic acids is 1. The van der Waals surface area contributed by atoms with Gasteiger partial charge in [0, 0.05) is 26.2 Å². The summed E-state index contributed by atoms with van der Waals surface area (Å²) >= 11 is 0. The zero-order valence-electron chi connectivity index (χ0n) is 8.69. The van der Waals surface area contributed by atoms with Crippen LogP contribution in [-0.2, 0) is 35.7 Å². The van der Waals surface area contributed by atoms with Crippen molar-refractivity contribution in [1.82, 2.24) is 0 Å². The average Bonchev–Trinajstić information content (AvgIpc) is 2.04. The molecule has 1 unspecified atom stereocenters. The first-order chi connectivity index (χ1) is 6.11. The molecule has 0 radical (unpaired) electrons. The van der Waals surface area contributed by atoms with Crippen LogP contribution < -0.4 is 0 Å². The van der Waals surface area contributed by atoms with Crippen molar-refractivity contribution in [2.24, 2.45) is 5.92 Å². The predicted octanol–water partition coefficient (Wildman–Crippen LogP) is 0.713. The van der Waals surface area contributed by atoms with Gasteiger partial charge in [0.25, 0.3) is 5.97 Å². The first-order valence-electron chi connectivity index (χ1n) is 4.68. The smallest absolute Gasteiger partial charge is 0.485 e. The van der Waals surface area contributed by atoms with E-state index in [1.54, 1.807) is 0 Å². The molecule has 0 aromatic carbocycles. The van der Waals surface area contributed by atoms with Gasteiger partial charge in [0.2, 0.25) is 0 Å². The second-order valence-corrected chi connectivity index (χ2v) is 3.01. The Labute approximate surface area is 104 Å². The monoisotopic (exact) mass is 278 g/mol. The largest absolute Gasteiger partial charge is 0.709 e. The molecular weight excluding hydrogens is 262 g/mol. The molecule has 4 nitrogen and oxygen atoms in total. The maximum atomic E-state index is 11.1. The van der Waals surface area contributed by atoms with Gasteiger partial charge in [-0.05, 0) is 12.8 Å². The van der Waals surface area contributed by atoms with Gasteiger partial charge in [-0.2, -0.15) is 0 Å². The molecular formula is C8H17BO4Zr. The normalized spacial score (nSPS) is 11.4. The van der Waals surface area contributed by atoms with Gasteiger partial charge in [-0.25, -0.2) is 0 Å². The Morgan fingerprint density at radius 1 is 1.43 bits per heavy atom. The van der Waals surface area contributed by atoms with E-state index in [9.17, 15) is 4.79 Å². The van der Waals surface area contributed by atoms with Gasteiger partial charge in [-0.15, -0.1) is 0 Å². The van der Waals surface area contributed by atoms with E-state index in [-0.39, 0.29) is 32.1 Å². The fourth-order valence-electron chi connectivity index (χ4n) is 1.14. The Kier molecular flexibility index (Phi) is 11.8. The maximum absolute atomic E-state index is 11.1. The summed E-state index contributed by atoms with van der Waals surface area (Å²) in [5, 5.41) is 16.8. The third-order valence-corrected chi connectivity index (χ3v) is 1.95. The Morgan fingerprint density at radius 3 is 2.36 bits per heavy atom. The van der Waals surface area contributed by atoms with Gasteiger partial charge in [0.1, 0.15) is 0 Å². The number of hydrogen-bond donors (Lipinski definition) is 2. The van der Waals surface area contributed by atoms with Crippen LogP contribution >= 0.6 is 0 Å². The fraction of sp³-hybridized carbons (Fsp3) is 0.875. The summed E-state index contributed by atoms with van der Waals surface area (Å²) in [7, 11) is -1.98. The Bertz CT molecular complexity index is 154. The quantitative estimate of drug-likeness (QED) is 0.703. The maximum Gasteiger partial charge on any atom is 0.709 e. The van der Waals surface area contributed by atoms with E-state index in [1.165, 1.54) is 0 Å². The van der Waals surface area contributed by atoms with Crippen LogP contribution in [0, 0.1) is 5.92 Å². The SMILES string of the molecule is CCCCC(CC)C(=O)OB(O)O.[Zr]. The average molecular weight is 279 g/mol. The van der Waals surface area contributed by atoms with Gasteiger partial charge in [-0.3, -0.25) is 4.79 Å². The minimum absolute atomic E-state index is 0. The Balaban J connectivity index is 0. The standard InChI is InChI=1S/C8H17BO4.Zr/c1-3-5-6-7(4-2)8(10)13-9(11)12;/h7,11-12H,3-6H2,1-2H3;. The van der Waals surface area contributed by atoms with Crippen LogP contribution in [0.2, 0.25) is 0 Å². The second-order valence-electron chi connectivity index (χ2n) is 3.01. The van der Waals surface area contributed by atoms with Crippen molar-refractivity contribution in [3.05, 3.63) is 0 Å². The van der Waals surface area contributed by atoms with Crippen molar-refractivity contribution in [1.29, 1.82) is 0 Å². The molecule has 0 saturated heterocycles. The minimum atomic E-state index is -1.98. The van der Waals surface area contributed by atoms with E-state index in [2.05, 4.69) is 4.65 Å². The van der Waals surface area contributed by atoms with E-state index in [1.807, 2.05) is 13.8 Å². The predicted molar refractivity (Wildman–Crippen MR) is 49.6 cm³/mol. The van der Waals surface area contributed by atoms with Crippen molar-refractivity contribution < 1.29 is 45.7 Å². The molecule has 0 aliphatic heterocycles. The van der Waals surface area contributed by atoms with Crippen molar-refractivity contribution in [2.75, 3.05) is 0 Å². The van der Waals surface area contributed by atoms with Crippen molar-refractivity contribution >= 4 is 13.3 Å². The molecule has 0 aliphatic rings. The van der Waals surface area contributed by atoms with Gasteiger partial charge in [0.05, 0.1) is 5.92 Å². The molecule has 0 spiro atoms. The third-order valence-electron chi connectivity index (χ3n) is 1.95. The number of hydrogen-bond acceptors (Lipinski definition) is 4. The molecule has 6 heteroatoms. The number of unbranched alkanes of at least 4 members (excludes halogenated alkanes) is 1. The molecule has 0 rings (SSSR count). The molecule has 0 bridgehead atoms. The summed E-state index contributed by atoms with van der Waals surface area (Å²) < 4.78 is 4.27. The van der Waals surface area contributed by atoms with Crippen molar-refractivity contribution in [3.63, 3.8) is 0 Å². The Hall–Kier alpha value is 0.338. The summed E-state index contributed by atoms with van der Waals surface area (Å²) in [5.74, 6) is -0.729. The summed E-state index contributed by atoms with van der Waals surface area (Å²) in [4.78, 5) is 11.1. The first-order valence-corrected chi connectivity index (χ1v) is 4.68. The molecule has 1 atom stereocenters. The summed E-state index contributed by atoms with van der Waals surface area (Å²) in [6.45, 7) is 3.92. The van der Waals surface area contributed by atoms with Crippen LogP contribution in [0.4, 0.5) is 0 Å². The van der Waals surface area contributed by atoms with Gasteiger partial charge >= 0.3 is 7.32 Å². The number of carbonyl (C=O) groups is 1. The van der Waals surface area contributed by atoms with E-state index in [0.717, 1.165) is 19.3 Å². The second kappa shape index (κ2) is 9.88. The Morgan fingerprint density at radius 2 is 2.00 bits per heavy atom. The van der Waals surface area contributed by atoms with Gasteiger partial charge < -0.3 is 14.7 Å². The summed E-state index contributed by atoms with van der Waals surface area (Å²) in [6, 6.07) is 0. The van der Waals surface area contributed by atoms with Crippen molar-refractivity contribution in [2.45, 2.75) is 39.5 Å². The van der Waals surface area contributed by atoms with Gasteiger partial charge in [-0.1, -0.05) is 26.7 Å². The molecule has 0 saturated carbocycles. The molecule has 0 heterocycles. The molecule has 0 fully saturated rings. The van der Waals surface area contributed by atoms with Crippen molar-refractivity contribution in [3.8, 4) is 0 Å². The minimum Gasteiger partial charge on any atom is -0.485 e. The van der Waals surface area contributed by atoms with Crippen LogP contribution in [0.25, 0.3) is 0 Å². The van der Waals surface area contributed by atoms with Crippen LogP contribution in [-0.4, -0.2) is 23.3 Å². The van der Waals surface area contributed by atoms with Gasteiger partial charge in [0.15, 0.2) is 0 Å².